The Morgan fingerprint density at radius 3 is 2.41 bits per heavy atom. The van der Waals surface area contributed by atoms with Crippen LogP contribution in [0, 0.1) is 0 Å². The molecule has 0 saturated carbocycles. The summed E-state index contributed by atoms with van der Waals surface area (Å²) < 4.78 is 11.8. The molecule has 0 spiro atoms. The molecule has 0 fully saturated rings. The van der Waals surface area contributed by atoms with E-state index in [0.29, 0.717) is 39.8 Å². The van der Waals surface area contributed by atoms with Crippen molar-refractivity contribution in [2.24, 2.45) is 5.10 Å². The summed E-state index contributed by atoms with van der Waals surface area (Å²) in [6.07, 6.45) is 2.31. The Labute approximate surface area is 199 Å². The van der Waals surface area contributed by atoms with Crippen molar-refractivity contribution in [2.45, 2.75) is 13.3 Å². The molecule has 164 valence electrons. The van der Waals surface area contributed by atoms with Crippen LogP contribution in [0.25, 0.3) is 0 Å². The van der Waals surface area contributed by atoms with Crippen LogP contribution < -0.4 is 14.9 Å². The van der Waals surface area contributed by atoms with Gasteiger partial charge in [-0.3, -0.25) is 4.79 Å². The van der Waals surface area contributed by atoms with Gasteiger partial charge in [-0.2, -0.15) is 5.10 Å². The number of halogens is 2. The zero-order valence-electron chi connectivity index (χ0n) is 17.2. The topological polar surface area (TPSA) is 77.0 Å². The lowest BCUT2D eigenvalue weighted by Gasteiger charge is -2.08. The Balaban J connectivity index is 1.67. The molecule has 0 saturated heterocycles. The molecule has 0 aliphatic heterocycles. The number of carbonyl (C=O) groups excluding carboxylic acids is 2. The highest BCUT2D eigenvalue weighted by atomic mass is 79.9. The van der Waals surface area contributed by atoms with Gasteiger partial charge >= 0.3 is 5.97 Å². The van der Waals surface area contributed by atoms with Gasteiger partial charge in [0.1, 0.15) is 11.5 Å². The smallest absolute Gasteiger partial charge is 0.343 e. The minimum atomic E-state index is -0.534. The van der Waals surface area contributed by atoms with Gasteiger partial charge in [0.05, 0.1) is 18.4 Å². The summed E-state index contributed by atoms with van der Waals surface area (Å²) >= 11 is 9.24. The molecule has 3 aromatic carbocycles. The number of hydrogen-bond donors (Lipinski definition) is 1. The van der Waals surface area contributed by atoms with Gasteiger partial charge < -0.3 is 9.47 Å². The lowest BCUT2D eigenvalue weighted by molar-refractivity contribution is 0.0734. The van der Waals surface area contributed by atoms with Crippen molar-refractivity contribution < 1.29 is 19.1 Å². The van der Waals surface area contributed by atoms with Crippen LogP contribution in [0.3, 0.4) is 0 Å². The first-order valence-corrected chi connectivity index (χ1v) is 11.0. The Bertz CT molecular complexity index is 1120. The lowest BCUT2D eigenvalue weighted by Crippen LogP contribution is -2.17. The van der Waals surface area contributed by atoms with Gasteiger partial charge in [-0.25, -0.2) is 10.2 Å². The summed E-state index contributed by atoms with van der Waals surface area (Å²) in [7, 11) is 0. The fourth-order valence-corrected chi connectivity index (χ4v) is 3.11. The van der Waals surface area contributed by atoms with E-state index in [9.17, 15) is 9.59 Å². The van der Waals surface area contributed by atoms with Gasteiger partial charge in [0, 0.05) is 20.6 Å². The summed E-state index contributed by atoms with van der Waals surface area (Å²) in [6, 6.07) is 18.3. The van der Waals surface area contributed by atoms with Gasteiger partial charge in [-0.1, -0.05) is 34.5 Å². The molecule has 0 aliphatic rings. The summed E-state index contributed by atoms with van der Waals surface area (Å²) in [4.78, 5) is 24.8. The molecule has 0 atom stereocenters. The van der Waals surface area contributed by atoms with Crippen molar-refractivity contribution in [1.29, 1.82) is 0 Å². The normalized spacial score (nSPS) is 10.7. The molecule has 0 aromatic heterocycles. The summed E-state index contributed by atoms with van der Waals surface area (Å²) in [5.74, 6) is 0.0859. The summed E-state index contributed by atoms with van der Waals surface area (Å²) in [5, 5.41) is 4.52. The third kappa shape index (κ3) is 6.67. The molecule has 0 heterocycles. The molecule has 3 rings (SSSR count). The standard InChI is InChI=1S/C24H20BrClN2O4/c1-2-13-31-21-10-5-16(6-11-21)23(29)28-27-15-18-14-19(25)7-12-22(18)32-24(30)17-3-8-20(26)9-4-17/h3-12,14-15H,2,13H2,1H3,(H,28,29)/b27-15+. The minimum Gasteiger partial charge on any atom is -0.494 e. The molecular weight excluding hydrogens is 496 g/mol. The molecule has 0 bridgehead atoms. The van der Waals surface area contributed by atoms with Crippen molar-refractivity contribution in [3.8, 4) is 11.5 Å². The van der Waals surface area contributed by atoms with Crippen LogP contribution in [0.1, 0.15) is 39.6 Å². The Morgan fingerprint density at radius 1 is 1.03 bits per heavy atom. The van der Waals surface area contributed by atoms with Gasteiger partial charge in [0.2, 0.25) is 0 Å². The van der Waals surface area contributed by atoms with E-state index >= 15 is 0 Å². The SMILES string of the molecule is CCCOc1ccc(C(=O)N/N=C/c2cc(Br)ccc2OC(=O)c2ccc(Cl)cc2)cc1. The van der Waals surface area contributed by atoms with Crippen LogP contribution in [0.4, 0.5) is 0 Å². The van der Waals surface area contributed by atoms with E-state index in [2.05, 4.69) is 26.5 Å². The van der Waals surface area contributed by atoms with Gasteiger partial charge in [-0.15, -0.1) is 0 Å². The highest BCUT2D eigenvalue weighted by Gasteiger charge is 2.12. The second-order valence-corrected chi connectivity index (χ2v) is 8.00. The number of nitrogens with one attached hydrogen (secondary N) is 1. The fourth-order valence-electron chi connectivity index (χ4n) is 2.61. The summed E-state index contributed by atoms with van der Waals surface area (Å²) in [5.41, 5.74) is 3.77. The van der Waals surface area contributed by atoms with Crippen molar-refractivity contribution in [2.75, 3.05) is 6.61 Å². The number of rotatable bonds is 8. The quantitative estimate of drug-likeness (QED) is 0.176. The third-order valence-corrected chi connectivity index (χ3v) is 4.96. The zero-order valence-corrected chi connectivity index (χ0v) is 19.5. The average Bonchev–Trinajstić information content (AvgIpc) is 2.80. The Kier molecular flexibility index (Phi) is 8.41. The van der Waals surface area contributed by atoms with E-state index in [0.717, 1.165) is 10.9 Å². The van der Waals surface area contributed by atoms with Crippen LogP contribution in [-0.2, 0) is 0 Å². The van der Waals surface area contributed by atoms with E-state index in [1.165, 1.54) is 6.21 Å². The van der Waals surface area contributed by atoms with Crippen molar-refractivity contribution in [1.82, 2.24) is 5.43 Å². The molecule has 0 unspecified atom stereocenters. The minimum absolute atomic E-state index is 0.295. The predicted octanol–water partition coefficient (Wildman–Crippen LogP) is 5.87. The monoisotopic (exact) mass is 514 g/mol. The van der Waals surface area contributed by atoms with Crippen molar-refractivity contribution in [3.63, 3.8) is 0 Å². The number of hydrogen-bond acceptors (Lipinski definition) is 5. The van der Waals surface area contributed by atoms with Gasteiger partial charge in [0.25, 0.3) is 5.91 Å². The van der Waals surface area contributed by atoms with E-state index in [1.807, 2.05) is 6.92 Å². The summed E-state index contributed by atoms with van der Waals surface area (Å²) in [6.45, 7) is 2.64. The lowest BCUT2D eigenvalue weighted by atomic mass is 10.2. The molecule has 8 heteroatoms. The molecule has 6 nitrogen and oxygen atoms in total. The first kappa shape index (κ1) is 23.5. The van der Waals surface area contributed by atoms with Crippen molar-refractivity contribution in [3.05, 3.63) is 92.9 Å². The van der Waals surface area contributed by atoms with Crippen LogP contribution in [-0.4, -0.2) is 24.7 Å². The van der Waals surface area contributed by atoms with E-state index in [1.54, 1.807) is 66.7 Å². The molecule has 3 aromatic rings. The number of nitrogens with zero attached hydrogens (tertiary/aromatic N) is 1. The van der Waals surface area contributed by atoms with E-state index in [4.69, 9.17) is 21.1 Å². The predicted molar refractivity (Wildman–Crippen MR) is 128 cm³/mol. The highest BCUT2D eigenvalue weighted by molar-refractivity contribution is 9.10. The maximum atomic E-state index is 12.4. The second-order valence-electron chi connectivity index (χ2n) is 6.65. The molecule has 1 amide bonds. The average molecular weight is 516 g/mol. The molecule has 0 aliphatic carbocycles. The number of amides is 1. The zero-order chi connectivity index (χ0) is 22.9. The van der Waals surface area contributed by atoms with Crippen molar-refractivity contribution >= 4 is 45.6 Å². The van der Waals surface area contributed by atoms with Gasteiger partial charge in [0.15, 0.2) is 0 Å². The van der Waals surface area contributed by atoms with E-state index in [-0.39, 0.29) is 5.91 Å². The van der Waals surface area contributed by atoms with Crippen LogP contribution >= 0.6 is 27.5 Å². The van der Waals surface area contributed by atoms with E-state index < -0.39 is 5.97 Å². The first-order valence-electron chi connectivity index (χ1n) is 9.80. The largest absolute Gasteiger partial charge is 0.494 e. The second kappa shape index (κ2) is 11.5. The fraction of sp³-hybridized carbons (Fsp3) is 0.125. The Hall–Kier alpha value is -3.16. The molecule has 1 N–H and O–H groups in total. The molecule has 0 radical (unpaired) electrons. The first-order chi connectivity index (χ1) is 15.5. The maximum Gasteiger partial charge on any atom is 0.343 e. The highest BCUT2D eigenvalue weighted by Crippen LogP contribution is 2.23. The molecular formula is C24H20BrClN2O4. The molecule has 32 heavy (non-hydrogen) atoms. The number of esters is 1. The van der Waals surface area contributed by atoms with Gasteiger partial charge in [-0.05, 0) is 73.2 Å². The third-order valence-electron chi connectivity index (χ3n) is 4.21. The number of ether oxygens (including phenoxy) is 2. The van der Waals surface area contributed by atoms with Crippen LogP contribution in [0.15, 0.2) is 76.3 Å². The number of hydrazone groups is 1. The Morgan fingerprint density at radius 2 is 1.72 bits per heavy atom. The van der Waals surface area contributed by atoms with Crippen LogP contribution in [0.5, 0.6) is 11.5 Å². The van der Waals surface area contributed by atoms with Crippen LogP contribution in [0.2, 0.25) is 5.02 Å². The number of carbonyl (C=O) groups is 2. The maximum absolute atomic E-state index is 12.4. The number of benzene rings is 3.